The first-order valence-electron chi connectivity index (χ1n) is 9.17. The third kappa shape index (κ3) is 3.49. The van der Waals surface area contributed by atoms with Gasteiger partial charge in [0, 0.05) is 10.9 Å². The van der Waals surface area contributed by atoms with Crippen LogP contribution in [0.25, 0.3) is 33.3 Å². The van der Waals surface area contributed by atoms with E-state index in [0.717, 1.165) is 27.7 Å². The molecule has 4 aromatic rings. The van der Waals surface area contributed by atoms with Crippen LogP contribution in [-0.2, 0) is 16.0 Å². The average molecular weight is 355 g/mol. The van der Waals surface area contributed by atoms with Gasteiger partial charge in [0.2, 0.25) is 0 Å². The number of H-pyrrole nitrogens is 1. The predicted octanol–water partition coefficient (Wildman–Crippen LogP) is 5.61. The van der Waals surface area contributed by atoms with E-state index in [1.165, 1.54) is 11.1 Å². The van der Waals surface area contributed by atoms with Crippen molar-refractivity contribution >= 4 is 16.9 Å². The molecule has 0 atom stereocenters. The van der Waals surface area contributed by atoms with Crippen molar-refractivity contribution in [3.05, 3.63) is 84.4 Å². The van der Waals surface area contributed by atoms with Gasteiger partial charge in [-0.3, -0.25) is 4.79 Å². The van der Waals surface area contributed by atoms with Gasteiger partial charge in [0.25, 0.3) is 0 Å². The summed E-state index contributed by atoms with van der Waals surface area (Å²) in [4.78, 5) is 15.6. The molecule has 1 aromatic heterocycles. The molecule has 27 heavy (non-hydrogen) atoms. The molecule has 3 aromatic carbocycles. The van der Waals surface area contributed by atoms with Crippen LogP contribution in [0.1, 0.15) is 12.5 Å². The predicted molar refractivity (Wildman–Crippen MR) is 110 cm³/mol. The number of carbonyl (C=O) groups excluding carboxylic acids is 1. The number of aromatic amines is 1. The maximum atomic E-state index is 12.1. The Morgan fingerprint density at radius 3 is 2.19 bits per heavy atom. The first kappa shape index (κ1) is 17.1. The number of esters is 1. The Morgan fingerprint density at radius 2 is 1.44 bits per heavy atom. The SMILES string of the molecule is CCOC(=O)Cc1c(-c2ccc(-c3ccccc3)cc2)[nH]c2ccccc12. The second-order valence-corrected chi connectivity index (χ2v) is 6.45. The van der Waals surface area contributed by atoms with Crippen molar-refractivity contribution in [2.75, 3.05) is 6.61 Å². The molecule has 3 nitrogen and oxygen atoms in total. The van der Waals surface area contributed by atoms with Gasteiger partial charge in [-0.25, -0.2) is 0 Å². The van der Waals surface area contributed by atoms with Crippen LogP contribution in [-0.4, -0.2) is 17.6 Å². The van der Waals surface area contributed by atoms with E-state index in [-0.39, 0.29) is 12.4 Å². The molecule has 0 bridgehead atoms. The average Bonchev–Trinajstić information content (AvgIpc) is 3.07. The van der Waals surface area contributed by atoms with Gasteiger partial charge in [-0.05, 0) is 35.2 Å². The molecular weight excluding hydrogens is 334 g/mol. The molecule has 4 rings (SSSR count). The van der Waals surface area contributed by atoms with Crippen molar-refractivity contribution in [3.63, 3.8) is 0 Å². The molecule has 0 unspecified atom stereocenters. The molecular formula is C24H21NO2. The number of ether oxygens (including phenoxy) is 1. The number of nitrogens with one attached hydrogen (secondary N) is 1. The molecule has 0 saturated heterocycles. The van der Waals surface area contributed by atoms with Gasteiger partial charge >= 0.3 is 5.97 Å². The van der Waals surface area contributed by atoms with Crippen molar-refractivity contribution in [2.45, 2.75) is 13.3 Å². The lowest BCUT2D eigenvalue weighted by Crippen LogP contribution is -2.07. The van der Waals surface area contributed by atoms with Crippen molar-refractivity contribution in [3.8, 4) is 22.4 Å². The highest BCUT2D eigenvalue weighted by atomic mass is 16.5. The lowest BCUT2D eigenvalue weighted by molar-refractivity contribution is -0.142. The monoisotopic (exact) mass is 355 g/mol. The molecule has 3 heteroatoms. The van der Waals surface area contributed by atoms with Crippen LogP contribution in [0.5, 0.6) is 0 Å². The Bertz CT molecular complexity index is 1060. The number of fused-ring (bicyclic) bond motifs is 1. The van der Waals surface area contributed by atoms with Crippen LogP contribution in [0.15, 0.2) is 78.9 Å². The maximum absolute atomic E-state index is 12.1. The van der Waals surface area contributed by atoms with E-state index < -0.39 is 0 Å². The standard InChI is InChI=1S/C24H21NO2/c1-2-27-23(26)16-21-20-10-6-7-11-22(20)25-24(21)19-14-12-18(13-15-19)17-8-4-3-5-9-17/h3-15,25H,2,16H2,1H3. The quantitative estimate of drug-likeness (QED) is 0.473. The van der Waals surface area contributed by atoms with Gasteiger partial charge in [0.1, 0.15) is 0 Å². The minimum absolute atomic E-state index is 0.204. The Balaban J connectivity index is 1.75. The maximum Gasteiger partial charge on any atom is 0.310 e. The lowest BCUT2D eigenvalue weighted by atomic mass is 9.99. The number of hydrogen-bond acceptors (Lipinski definition) is 2. The summed E-state index contributed by atoms with van der Waals surface area (Å²) in [6, 6.07) is 26.8. The fraction of sp³-hybridized carbons (Fsp3) is 0.125. The minimum atomic E-state index is -0.204. The lowest BCUT2D eigenvalue weighted by Gasteiger charge is -2.07. The van der Waals surface area contributed by atoms with Gasteiger partial charge in [0.15, 0.2) is 0 Å². The van der Waals surface area contributed by atoms with E-state index in [1.807, 2.05) is 49.4 Å². The third-order valence-corrected chi connectivity index (χ3v) is 4.72. The smallest absolute Gasteiger partial charge is 0.310 e. The fourth-order valence-corrected chi connectivity index (χ4v) is 3.45. The fourth-order valence-electron chi connectivity index (χ4n) is 3.45. The van der Waals surface area contributed by atoms with E-state index in [0.29, 0.717) is 6.61 Å². The molecule has 0 aliphatic carbocycles. The Morgan fingerprint density at radius 1 is 0.815 bits per heavy atom. The van der Waals surface area contributed by atoms with E-state index in [2.05, 4.69) is 41.4 Å². The van der Waals surface area contributed by atoms with Gasteiger partial charge in [-0.1, -0.05) is 72.8 Å². The zero-order valence-corrected chi connectivity index (χ0v) is 15.2. The largest absolute Gasteiger partial charge is 0.466 e. The zero-order valence-electron chi connectivity index (χ0n) is 15.2. The van der Waals surface area contributed by atoms with Crippen molar-refractivity contribution < 1.29 is 9.53 Å². The number of hydrogen-bond donors (Lipinski definition) is 1. The van der Waals surface area contributed by atoms with Crippen LogP contribution in [0.2, 0.25) is 0 Å². The van der Waals surface area contributed by atoms with Gasteiger partial charge < -0.3 is 9.72 Å². The highest BCUT2D eigenvalue weighted by Gasteiger charge is 2.16. The summed E-state index contributed by atoms with van der Waals surface area (Å²) in [5.74, 6) is -0.204. The van der Waals surface area contributed by atoms with Gasteiger partial charge in [0.05, 0.1) is 18.7 Å². The van der Waals surface area contributed by atoms with Gasteiger partial charge in [-0.2, -0.15) is 0 Å². The highest BCUT2D eigenvalue weighted by Crippen LogP contribution is 2.32. The summed E-state index contributed by atoms with van der Waals surface area (Å²) in [5, 5.41) is 1.06. The van der Waals surface area contributed by atoms with Crippen molar-refractivity contribution in [1.29, 1.82) is 0 Å². The van der Waals surface area contributed by atoms with E-state index in [9.17, 15) is 4.79 Å². The molecule has 0 aliphatic heterocycles. The molecule has 0 fully saturated rings. The van der Waals surface area contributed by atoms with Crippen LogP contribution in [0.4, 0.5) is 0 Å². The van der Waals surface area contributed by atoms with Crippen LogP contribution in [0.3, 0.4) is 0 Å². The molecule has 0 radical (unpaired) electrons. The van der Waals surface area contributed by atoms with Crippen LogP contribution >= 0.6 is 0 Å². The number of carbonyl (C=O) groups is 1. The van der Waals surface area contributed by atoms with Crippen molar-refractivity contribution in [1.82, 2.24) is 4.98 Å². The summed E-state index contributed by atoms with van der Waals surface area (Å²) in [5.41, 5.74) is 6.40. The molecule has 0 saturated carbocycles. The first-order chi connectivity index (χ1) is 13.3. The summed E-state index contributed by atoms with van der Waals surface area (Å²) >= 11 is 0. The topological polar surface area (TPSA) is 42.1 Å². The first-order valence-corrected chi connectivity index (χ1v) is 9.17. The Hall–Kier alpha value is -3.33. The van der Waals surface area contributed by atoms with Crippen LogP contribution in [0, 0.1) is 0 Å². The summed E-state index contributed by atoms with van der Waals surface area (Å²) in [7, 11) is 0. The zero-order chi connectivity index (χ0) is 18.6. The number of aromatic nitrogens is 1. The normalized spacial score (nSPS) is 10.9. The van der Waals surface area contributed by atoms with E-state index >= 15 is 0 Å². The molecule has 0 spiro atoms. The number of para-hydroxylation sites is 1. The molecule has 0 amide bonds. The Labute approximate surface area is 158 Å². The van der Waals surface area contributed by atoms with E-state index in [1.54, 1.807) is 0 Å². The highest BCUT2D eigenvalue weighted by molar-refractivity contribution is 5.94. The summed E-state index contributed by atoms with van der Waals surface area (Å²) in [6.45, 7) is 2.22. The minimum Gasteiger partial charge on any atom is -0.466 e. The molecule has 134 valence electrons. The van der Waals surface area contributed by atoms with Crippen molar-refractivity contribution in [2.24, 2.45) is 0 Å². The second-order valence-electron chi connectivity index (χ2n) is 6.45. The number of rotatable bonds is 5. The third-order valence-electron chi connectivity index (χ3n) is 4.72. The van der Waals surface area contributed by atoms with E-state index in [4.69, 9.17) is 4.74 Å². The van der Waals surface area contributed by atoms with Gasteiger partial charge in [-0.15, -0.1) is 0 Å². The second kappa shape index (κ2) is 7.50. The molecule has 0 aliphatic rings. The summed E-state index contributed by atoms with van der Waals surface area (Å²) in [6.07, 6.45) is 0.258. The van der Waals surface area contributed by atoms with Crippen LogP contribution < -0.4 is 0 Å². The Kier molecular flexibility index (Phi) is 4.75. The molecule has 1 heterocycles. The summed E-state index contributed by atoms with van der Waals surface area (Å²) < 4.78 is 5.18. The number of benzene rings is 3. The molecule has 1 N–H and O–H groups in total.